The first-order valence-corrected chi connectivity index (χ1v) is 6.51. The number of rotatable bonds is 3. The molecule has 1 heteroatoms. The lowest BCUT2D eigenvalue weighted by atomic mass is 9.85. The molecule has 88 valence electrons. The summed E-state index contributed by atoms with van der Waals surface area (Å²) in [6.45, 7) is 6.98. The van der Waals surface area contributed by atoms with E-state index < -0.39 is 0 Å². The highest BCUT2D eigenvalue weighted by molar-refractivity contribution is 5.54. The monoisotopic (exact) mass is 217 g/mol. The molecule has 0 radical (unpaired) electrons. The van der Waals surface area contributed by atoms with Gasteiger partial charge in [-0.15, -0.1) is 0 Å². The Labute approximate surface area is 99.3 Å². The van der Waals surface area contributed by atoms with Crippen LogP contribution in [0.2, 0.25) is 0 Å². The van der Waals surface area contributed by atoms with Crippen molar-refractivity contribution in [2.45, 2.75) is 46.1 Å². The first-order chi connectivity index (χ1) is 7.66. The van der Waals surface area contributed by atoms with Gasteiger partial charge < -0.3 is 5.32 Å². The van der Waals surface area contributed by atoms with Crippen molar-refractivity contribution in [1.29, 1.82) is 0 Å². The second-order valence-electron chi connectivity index (χ2n) is 5.56. The van der Waals surface area contributed by atoms with E-state index in [-0.39, 0.29) is 0 Å². The van der Waals surface area contributed by atoms with Crippen LogP contribution in [0.5, 0.6) is 0 Å². The van der Waals surface area contributed by atoms with E-state index in [1.165, 1.54) is 30.5 Å². The van der Waals surface area contributed by atoms with E-state index in [1.807, 2.05) is 0 Å². The zero-order valence-electron chi connectivity index (χ0n) is 10.7. The molecule has 1 N–H and O–H groups in total. The number of hydrogen-bond donors (Lipinski definition) is 1. The van der Waals surface area contributed by atoms with Crippen molar-refractivity contribution < 1.29 is 0 Å². The summed E-state index contributed by atoms with van der Waals surface area (Å²) in [5.41, 5.74) is 2.84. The van der Waals surface area contributed by atoms with Gasteiger partial charge in [-0.25, -0.2) is 0 Å². The average molecular weight is 217 g/mol. The van der Waals surface area contributed by atoms with Crippen LogP contribution >= 0.6 is 0 Å². The van der Waals surface area contributed by atoms with Crippen molar-refractivity contribution >= 4 is 5.69 Å². The quantitative estimate of drug-likeness (QED) is 0.804. The Bertz CT molecular complexity index is 343. The maximum absolute atomic E-state index is 3.70. The number of hydrogen-bond acceptors (Lipinski definition) is 1. The van der Waals surface area contributed by atoms with Gasteiger partial charge >= 0.3 is 0 Å². The third-order valence-electron chi connectivity index (χ3n) is 3.64. The highest BCUT2D eigenvalue weighted by Gasteiger charge is 2.23. The third-order valence-corrected chi connectivity index (χ3v) is 3.64. The van der Waals surface area contributed by atoms with E-state index in [0.29, 0.717) is 6.04 Å². The molecule has 1 aromatic carbocycles. The zero-order chi connectivity index (χ0) is 11.5. The molecule has 0 aromatic heterocycles. The summed E-state index contributed by atoms with van der Waals surface area (Å²) in [6, 6.07) is 9.39. The molecule has 2 rings (SSSR count). The molecule has 0 bridgehead atoms. The van der Waals surface area contributed by atoms with Crippen LogP contribution in [0.15, 0.2) is 24.3 Å². The molecule has 1 aliphatic heterocycles. The number of nitrogens with one attached hydrogen (secondary N) is 1. The predicted molar refractivity (Wildman–Crippen MR) is 70.8 cm³/mol. The highest BCUT2D eigenvalue weighted by atomic mass is 14.9. The summed E-state index contributed by atoms with van der Waals surface area (Å²) in [7, 11) is 0. The second-order valence-corrected chi connectivity index (χ2v) is 5.56. The van der Waals surface area contributed by atoms with Gasteiger partial charge in [0.25, 0.3) is 0 Å². The summed E-state index contributed by atoms with van der Waals surface area (Å²) in [5.74, 6) is 1.57. The smallest absolute Gasteiger partial charge is 0.0375 e. The van der Waals surface area contributed by atoms with Gasteiger partial charge in [0, 0.05) is 11.7 Å². The molecule has 0 saturated carbocycles. The molecule has 1 nitrogen and oxygen atoms in total. The molecular formula is C15H23N. The SMILES string of the molecule is CC(C)CCC1Nc2ccccc2CC1C. The maximum Gasteiger partial charge on any atom is 0.0375 e. The molecule has 1 aliphatic rings. The normalized spacial score (nSPS) is 24.0. The Balaban J connectivity index is 2.03. The fourth-order valence-corrected chi connectivity index (χ4v) is 2.54. The van der Waals surface area contributed by atoms with Gasteiger partial charge in [-0.05, 0) is 42.7 Å². The van der Waals surface area contributed by atoms with Gasteiger partial charge in [0.2, 0.25) is 0 Å². The van der Waals surface area contributed by atoms with Gasteiger partial charge in [-0.3, -0.25) is 0 Å². The Kier molecular flexibility index (Phi) is 3.52. The van der Waals surface area contributed by atoms with Crippen LogP contribution in [0, 0.1) is 11.8 Å². The molecule has 0 fully saturated rings. The van der Waals surface area contributed by atoms with E-state index >= 15 is 0 Å². The van der Waals surface area contributed by atoms with Crippen molar-refractivity contribution in [1.82, 2.24) is 0 Å². The summed E-state index contributed by atoms with van der Waals surface area (Å²) in [4.78, 5) is 0. The molecule has 16 heavy (non-hydrogen) atoms. The third kappa shape index (κ3) is 2.58. The minimum atomic E-state index is 0.664. The highest BCUT2D eigenvalue weighted by Crippen LogP contribution is 2.30. The van der Waals surface area contributed by atoms with Crippen molar-refractivity contribution in [3.8, 4) is 0 Å². The molecule has 2 unspecified atom stereocenters. The Hall–Kier alpha value is -0.980. The van der Waals surface area contributed by atoms with Crippen LogP contribution in [-0.4, -0.2) is 6.04 Å². The predicted octanol–water partition coefficient (Wildman–Crippen LogP) is 4.10. The number of anilines is 1. The zero-order valence-corrected chi connectivity index (χ0v) is 10.7. The van der Waals surface area contributed by atoms with E-state index in [1.54, 1.807) is 0 Å². The molecule has 1 heterocycles. The van der Waals surface area contributed by atoms with Crippen LogP contribution in [0.1, 0.15) is 39.2 Å². The molecular weight excluding hydrogens is 194 g/mol. The van der Waals surface area contributed by atoms with Gasteiger partial charge in [0.15, 0.2) is 0 Å². The first-order valence-electron chi connectivity index (χ1n) is 6.51. The van der Waals surface area contributed by atoms with E-state index in [2.05, 4.69) is 50.4 Å². The lowest BCUT2D eigenvalue weighted by molar-refractivity contribution is 0.405. The summed E-state index contributed by atoms with van der Waals surface area (Å²) in [5, 5.41) is 3.70. The van der Waals surface area contributed by atoms with Gasteiger partial charge in [0.1, 0.15) is 0 Å². The maximum atomic E-state index is 3.70. The lowest BCUT2D eigenvalue weighted by Crippen LogP contribution is -2.33. The lowest BCUT2D eigenvalue weighted by Gasteiger charge is -2.33. The Morgan fingerprint density at radius 2 is 2.06 bits per heavy atom. The fraction of sp³-hybridized carbons (Fsp3) is 0.600. The van der Waals surface area contributed by atoms with Crippen LogP contribution in [-0.2, 0) is 6.42 Å². The molecule has 0 aliphatic carbocycles. The van der Waals surface area contributed by atoms with E-state index in [9.17, 15) is 0 Å². The topological polar surface area (TPSA) is 12.0 Å². The fourth-order valence-electron chi connectivity index (χ4n) is 2.54. The van der Waals surface area contributed by atoms with Crippen molar-refractivity contribution in [2.75, 3.05) is 5.32 Å². The van der Waals surface area contributed by atoms with Crippen LogP contribution in [0.4, 0.5) is 5.69 Å². The largest absolute Gasteiger partial charge is 0.382 e. The number of fused-ring (bicyclic) bond motifs is 1. The summed E-state index contributed by atoms with van der Waals surface area (Å²) >= 11 is 0. The Morgan fingerprint density at radius 1 is 1.31 bits per heavy atom. The molecule has 0 spiro atoms. The minimum Gasteiger partial charge on any atom is -0.382 e. The van der Waals surface area contributed by atoms with Gasteiger partial charge in [-0.2, -0.15) is 0 Å². The second kappa shape index (κ2) is 4.90. The van der Waals surface area contributed by atoms with Crippen LogP contribution in [0.25, 0.3) is 0 Å². The van der Waals surface area contributed by atoms with Gasteiger partial charge in [0.05, 0.1) is 0 Å². The van der Waals surface area contributed by atoms with Crippen LogP contribution < -0.4 is 5.32 Å². The van der Waals surface area contributed by atoms with Crippen LogP contribution in [0.3, 0.4) is 0 Å². The summed E-state index contributed by atoms with van der Waals surface area (Å²) < 4.78 is 0. The molecule has 0 saturated heterocycles. The standard InChI is InChI=1S/C15H23N/c1-11(2)8-9-14-12(3)10-13-6-4-5-7-15(13)16-14/h4-7,11-12,14,16H,8-10H2,1-3H3. The molecule has 0 amide bonds. The minimum absolute atomic E-state index is 0.664. The van der Waals surface area contributed by atoms with E-state index in [0.717, 1.165) is 11.8 Å². The molecule has 1 aromatic rings. The van der Waals surface area contributed by atoms with Gasteiger partial charge in [-0.1, -0.05) is 39.0 Å². The Morgan fingerprint density at radius 3 is 2.81 bits per heavy atom. The number of para-hydroxylation sites is 1. The first kappa shape index (κ1) is 11.5. The van der Waals surface area contributed by atoms with E-state index in [4.69, 9.17) is 0 Å². The molecule has 2 atom stereocenters. The van der Waals surface area contributed by atoms with Crippen molar-refractivity contribution in [3.05, 3.63) is 29.8 Å². The average Bonchev–Trinajstić information content (AvgIpc) is 2.26. The van der Waals surface area contributed by atoms with Crippen molar-refractivity contribution in [3.63, 3.8) is 0 Å². The summed E-state index contributed by atoms with van der Waals surface area (Å²) in [6.07, 6.45) is 3.85. The number of benzene rings is 1. The van der Waals surface area contributed by atoms with Crippen molar-refractivity contribution in [2.24, 2.45) is 11.8 Å².